The van der Waals surface area contributed by atoms with Crippen LogP contribution in [0.4, 0.5) is 11.4 Å². The molecule has 3 N–H and O–H groups in total. The fourth-order valence-corrected chi connectivity index (χ4v) is 3.73. The highest BCUT2D eigenvalue weighted by Gasteiger charge is 2.24. The Morgan fingerprint density at radius 1 is 1.45 bits per heavy atom. The number of ether oxygens (including phenoxy) is 1. The number of benzene rings is 1. The van der Waals surface area contributed by atoms with E-state index in [1.165, 1.54) is 26.3 Å². The lowest BCUT2D eigenvalue weighted by molar-refractivity contribution is 0.417. The van der Waals surface area contributed by atoms with Gasteiger partial charge < -0.3 is 10.5 Å². The first-order chi connectivity index (χ1) is 9.35. The number of nitrogens with two attached hydrogens (primary N) is 1. The lowest BCUT2D eigenvalue weighted by Gasteiger charge is -2.10. The highest BCUT2D eigenvalue weighted by atomic mass is 79.9. The molecule has 108 valence electrons. The average Bonchev–Trinajstić information content (AvgIpc) is 2.71. The zero-order valence-electron chi connectivity index (χ0n) is 10.7. The van der Waals surface area contributed by atoms with Crippen LogP contribution >= 0.6 is 15.9 Å². The van der Waals surface area contributed by atoms with Gasteiger partial charge in [-0.05, 0) is 28.1 Å². The highest BCUT2D eigenvalue weighted by molar-refractivity contribution is 9.10. The second kappa shape index (κ2) is 5.29. The molecule has 0 aliphatic rings. The second-order valence-electron chi connectivity index (χ2n) is 3.87. The van der Waals surface area contributed by atoms with E-state index in [2.05, 4.69) is 31.0 Å². The maximum atomic E-state index is 12.3. The van der Waals surface area contributed by atoms with E-state index in [-0.39, 0.29) is 9.63 Å². The molecule has 0 aliphatic carbocycles. The highest BCUT2D eigenvalue weighted by Crippen LogP contribution is 2.27. The molecule has 0 bridgehead atoms. The molecule has 8 nitrogen and oxygen atoms in total. The minimum absolute atomic E-state index is 0.0757. The molecule has 20 heavy (non-hydrogen) atoms. The number of hydrogen-bond donors (Lipinski definition) is 2. The Bertz CT molecular complexity index is 724. The number of aromatic nitrogens is 3. The van der Waals surface area contributed by atoms with Crippen LogP contribution in [0.3, 0.4) is 0 Å². The minimum Gasteiger partial charge on any atom is -0.495 e. The van der Waals surface area contributed by atoms with Gasteiger partial charge in [0.25, 0.3) is 10.0 Å². The molecule has 1 heterocycles. The molecular weight excluding hydrogens is 350 g/mol. The Labute approximate surface area is 124 Å². The summed E-state index contributed by atoms with van der Waals surface area (Å²) in [5.41, 5.74) is 6.41. The zero-order chi connectivity index (χ0) is 14.9. The normalized spacial score (nSPS) is 11.3. The summed E-state index contributed by atoms with van der Waals surface area (Å²) in [4.78, 5) is 0. The number of hydrogen-bond acceptors (Lipinski definition) is 6. The smallest absolute Gasteiger partial charge is 0.281 e. The van der Waals surface area contributed by atoms with E-state index < -0.39 is 10.0 Å². The first-order valence-electron chi connectivity index (χ1n) is 5.36. The number of halogens is 1. The van der Waals surface area contributed by atoms with E-state index in [0.717, 1.165) is 4.68 Å². The van der Waals surface area contributed by atoms with E-state index in [4.69, 9.17) is 10.5 Å². The van der Waals surface area contributed by atoms with Gasteiger partial charge in [0.15, 0.2) is 4.60 Å². The molecule has 2 rings (SSSR count). The molecule has 0 saturated carbocycles. The number of sulfonamides is 1. The first-order valence-corrected chi connectivity index (χ1v) is 7.64. The predicted octanol–water partition coefficient (Wildman–Crippen LogP) is 0.969. The molecule has 10 heteroatoms. The van der Waals surface area contributed by atoms with Crippen LogP contribution in [0.2, 0.25) is 0 Å². The number of nitrogens with one attached hydrogen (secondary N) is 1. The molecule has 0 aliphatic heterocycles. The quantitative estimate of drug-likeness (QED) is 0.784. The Balaban J connectivity index is 2.39. The average molecular weight is 362 g/mol. The summed E-state index contributed by atoms with van der Waals surface area (Å²) in [6, 6.07) is 4.57. The van der Waals surface area contributed by atoms with Crippen LogP contribution in [0.15, 0.2) is 27.8 Å². The minimum atomic E-state index is -3.82. The third kappa shape index (κ3) is 2.70. The molecule has 2 aromatic rings. The van der Waals surface area contributed by atoms with Crippen molar-refractivity contribution in [3.63, 3.8) is 0 Å². The van der Waals surface area contributed by atoms with Gasteiger partial charge in [-0.15, -0.1) is 5.10 Å². The molecule has 0 spiro atoms. The van der Waals surface area contributed by atoms with E-state index in [1.807, 2.05) is 0 Å². The van der Waals surface area contributed by atoms with Crippen molar-refractivity contribution in [2.24, 2.45) is 7.05 Å². The first kappa shape index (κ1) is 14.6. The summed E-state index contributed by atoms with van der Waals surface area (Å²) >= 11 is 3.05. The standard InChI is InChI=1S/C10H12BrN5O3S/c1-16-10(9(11)13-15-16)20(17,18)14-6-3-4-7(12)8(5-6)19-2/h3-5,14H,12H2,1-2H3. The molecular formula is C10H12BrN5O3S. The van der Waals surface area contributed by atoms with E-state index in [0.29, 0.717) is 17.1 Å². The fraction of sp³-hybridized carbons (Fsp3) is 0.200. The van der Waals surface area contributed by atoms with Crippen molar-refractivity contribution >= 4 is 37.3 Å². The number of rotatable bonds is 4. The van der Waals surface area contributed by atoms with E-state index >= 15 is 0 Å². The maximum absolute atomic E-state index is 12.3. The largest absolute Gasteiger partial charge is 0.495 e. The van der Waals surface area contributed by atoms with Crippen LogP contribution in [0.5, 0.6) is 5.75 Å². The van der Waals surface area contributed by atoms with Gasteiger partial charge >= 0.3 is 0 Å². The van der Waals surface area contributed by atoms with Gasteiger partial charge in [-0.25, -0.2) is 4.68 Å². The van der Waals surface area contributed by atoms with Gasteiger partial charge in [-0.1, -0.05) is 5.21 Å². The number of nitrogen functional groups attached to an aromatic ring is 1. The Morgan fingerprint density at radius 2 is 2.15 bits per heavy atom. The Hall–Kier alpha value is -1.81. The molecule has 1 aromatic heterocycles. The molecule has 0 saturated heterocycles. The maximum Gasteiger partial charge on any atom is 0.281 e. The molecule has 0 amide bonds. The molecule has 0 atom stereocenters. The van der Waals surface area contributed by atoms with Gasteiger partial charge in [0, 0.05) is 13.1 Å². The van der Waals surface area contributed by atoms with E-state index in [9.17, 15) is 8.42 Å². The fourth-order valence-electron chi connectivity index (χ4n) is 1.59. The SMILES string of the molecule is COc1cc(NS(=O)(=O)c2c(Br)nnn2C)ccc1N. The number of nitrogens with zero attached hydrogens (tertiary/aromatic N) is 3. The summed E-state index contributed by atoms with van der Waals surface area (Å²) in [6.07, 6.45) is 0. The summed E-state index contributed by atoms with van der Waals surface area (Å²) in [7, 11) is -0.892. The van der Waals surface area contributed by atoms with Crippen molar-refractivity contribution in [2.75, 3.05) is 17.6 Å². The predicted molar refractivity (Wildman–Crippen MR) is 76.9 cm³/mol. The van der Waals surface area contributed by atoms with Crippen molar-refractivity contribution in [1.82, 2.24) is 15.0 Å². The van der Waals surface area contributed by atoms with Crippen LogP contribution in [0.25, 0.3) is 0 Å². The van der Waals surface area contributed by atoms with Crippen molar-refractivity contribution in [3.8, 4) is 5.75 Å². The van der Waals surface area contributed by atoms with Crippen LogP contribution < -0.4 is 15.2 Å². The number of methoxy groups -OCH3 is 1. The van der Waals surface area contributed by atoms with Gasteiger partial charge in [0.05, 0.1) is 18.5 Å². The molecule has 0 fully saturated rings. The van der Waals surface area contributed by atoms with Crippen LogP contribution in [0, 0.1) is 0 Å². The second-order valence-corrected chi connectivity index (χ2v) is 6.22. The van der Waals surface area contributed by atoms with Crippen LogP contribution in [-0.2, 0) is 17.1 Å². The number of aryl methyl sites for hydroxylation is 1. The van der Waals surface area contributed by atoms with Crippen molar-refractivity contribution in [2.45, 2.75) is 5.03 Å². The van der Waals surface area contributed by atoms with Crippen molar-refractivity contribution in [3.05, 3.63) is 22.8 Å². The van der Waals surface area contributed by atoms with Crippen LogP contribution in [0.1, 0.15) is 0 Å². The number of anilines is 2. The van der Waals surface area contributed by atoms with Gasteiger partial charge in [-0.3, -0.25) is 4.72 Å². The van der Waals surface area contributed by atoms with Gasteiger partial charge in [0.1, 0.15) is 5.75 Å². The molecule has 0 radical (unpaired) electrons. The zero-order valence-corrected chi connectivity index (χ0v) is 13.1. The lowest BCUT2D eigenvalue weighted by Crippen LogP contribution is -2.17. The van der Waals surface area contributed by atoms with Crippen molar-refractivity contribution in [1.29, 1.82) is 0 Å². The van der Waals surface area contributed by atoms with Crippen molar-refractivity contribution < 1.29 is 13.2 Å². The summed E-state index contributed by atoms with van der Waals surface area (Å²) in [6.45, 7) is 0. The molecule has 0 unspecified atom stereocenters. The summed E-state index contributed by atoms with van der Waals surface area (Å²) < 4.78 is 33.3. The molecule has 1 aromatic carbocycles. The Kier molecular flexibility index (Phi) is 3.86. The third-order valence-electron chi connectivity index (χ3n) is 2.48. The van der Waals surface area contributed by atoms with Gasteiger partial charge in [0.2, 0.25) is 5.03 Å². The Morgan fingerprint density at radius 3 is 2.70 bits per heavy atom. The summed E-state index contributed by atoms with van der Waals surface area (Å²) in [5, 5.41) is 7.19. The van der Waals surface area contributed by atoms with Crippen LogP contribution in [-0.4, -0.2) is 30.5 Å². The monoisotopic (exact) mass is 361 g/mol. The topological polar surface area (TPSA) is 112 Å². The third-order valence-corrected chi connectivity index (χ3v) is 4.75. The van der Waals surface area contributed by atoms with Gasteiger partial charge in [-0.2, -0.15) is 8.42 Å². The lowest BCUT2D eigenvalue weighted by atomic mass is 10.3. The van der Waals surface area contributed by atoms with E-state index in [1.54, 1.807) is 6.07 Å². The summed E-state index contributed by atoms with van der Waals surface area (Å²) in [5.74, 6) is 0.382.